The van der Waals surface area contributed by atoms with Gasteiger partial charge in [-0.05, 0) is 0 Å². The van der Waals surface area contributed by atoms with Crippen molar-refractivity contribution in [3.8, 4) is 0 Å². The standard InChI is InChI=1S/3NO3.3Na/c3*2-1(3)4;;;/q3*-1;3*+1. The van der Waals surface area contributed by atoms with E-state index in [-0.39, 0.29) is 88.7 Å². The van der Waals surface area contributed by atoms with Crippen LogP contribution in [0.1, 0.15) is 0 Å². The van der Waals surface area contributed by atoms with Crippen molar-refractivity contribution in [2.24, 2.45) is 0 Å². The molecule has 0 spiro atoms. The summed E-state index contributed by atoms with van der Waals surface area (Å²) in [5, 5.41) is 44.2. The molecule has 0 amide bonds. The second-order valence-corrected chi connectivity index (χ2v) is 0.671. The van der Waals surface area contributed by atoms with Gasteiger partial charge in [0.2, 0.25) is 0 Å². The van der Waals surface area contributed by atoms with E-state index in [4.69, 9.17) is 46.0 Å². The van der Waals surface area contributed by atoms with Crippen molar-refractivity contribution in [3.63, 3.8) is 0 Å². The van der Waals surface area contributed by atoms with E-state index in [1.54, 1.807) is 0 Å². The van der Waals surface area contributed by atoms with E-state index in [9.17, 15) is 0 Å². The van der Waals surface area contributed by atoms with Gasteiger partial charge in [0.1, 0.15) is 0 Å². The topological polar surface area (TPSA) is 199 Å². The Hall–Kier alpha value is 0.600. The summed E-state index contributed by atoms with van der Waals surface area (Å²) in [5.41, 5.74) is 0. The smallest absolute Gasteiger partial charge is 0.356 e. The summed E-state index contributed by atoms with van der Waals surface area (Å²) in [6.45, 7) is 0. The third-order valence-corrected chi connectivity index (χ3v) is 0. The molecule has 0 aliphatic carbocycles. The molecule has 0 rings (SSSR count). The van der Waals surface area contributed by atoms with Gasteiger partial charge < -0.3 is 46.0 Å². The molecule has 0 bridgehead atoms. The summed E-state index contributed by atoms with van der Waals surface area (Å²) in [4.78, 5) is 24.8. The van der Waals surface area contributed by atoms with Gasteiger partial charge in [-0.3, -0.25) is 0 Å². The van der Waals surface area contributed by atoms with Crippen LogP contribution in [0, 0.1) is 46.0 Å². The first-order valence-electron chi connectivity index (χ1n) is 1.64. The Morgan fingerprint density at radius 2 is 0.467 bits per heavy atom. The molecule has 0 N–H and O–H groups in total. The van der Waals surface area contributed by atoms with E-state index in [1.165, 1.54) is 0 Å². The van der Waals surface area contributed by atoms with Crippen molar-refractivity contribution in [2.75, 3.05) is 0 Å². The summed E-state index contributed by atoms with van der Waals surface area (Å²) >= 11 is 0. The van der Waals surface area contributed by atoms with Gasteiger partial charge in [-0.15, -0.1) is 0 Å². The fraction of sp³-hybridized carbons (Fsp3) is 0. The zero-order chi connectivity index (χ0) is 10.7. The minimum Gasteiger partial charge on any atom is -0.356 e. The summed E-state index contributed by atoms with van der Waals surface area (Å²) in [6, 6.07) is 0. The number of hydrogen-bond donors (Lipinski definition) is 0. The quantitative estimate of drug-likeness (QED) is 0.229. The van der Waals surface area contributed by atoms with E-state index in [2.05, 4.69) is 0 Å². The van der Waals surface area contributed by atoms with E-state index in [0.717, 1.165) is 0 Å². The average molecular weight is 255 g/mol. The van der Waals surface area contributed by atoms with Gasteiger partial charge in [0.05, 0.1) is 15.3 Å². The van der Waals surface area contributed by atoms with Crippen molar-refractivity contribution in [3.05, 3.63) is 46.0 Å². The minimum absolute atomic E-state index is 0. The molecule has 15 heavy (non-hydrogen) atoms. The van der Waals surface area contributed by atoms with Crippen LogP contribution >= 0.6 is 0 Å². The van der Waals surface area contributed by atoms with Crippen molar-refractivity contribution >= 4 is 0 Å². The van der Waals surface area contributed by atoms with Crippen LogP contribution in [-0.4, -0.2) is 15.3 Å². The van der Waals surface area contributed by atoms with E-state index in [0.29, 0.717) is 0 Å². The molecule has 0 aromatic heterocycles. The molecule has 0 heterocycles. The molecule has 12 nitrogen and oxygen atoms in total. The number of nitrogens with zero attached hydrogens (tertiary/aromatic N) is 3. The average Bonchev–Trinajstić information content (AvgIpc) is 1.54. The fourth-order valence-electron chi connectivity index (χ4n) is 0. The third kappa shape index (κ3) is 6440. The van der Waals surface area contributed by atoms with Crippen LogP contribution in [0.5, 0.6) is 0 Å². The van der Waals surface area contributed by atoms with Crippen LogP contribution in [0.25, 0.3) is 0 Å². The molecule has 0 saturated carbocycles. The van der Waals surface area contributed by atoms with Crippen molar-refractivity contribution < 1.29 is 104 Å². The largest absolute Gasteiger partial charge is 1.00 e. The Morgan fingerprint density at radius 1 is 0.467 bits per heavy atom. The van der Waals surface area contributed by atoms with Gasteiger partial charge in [-0.1, -0.05) is 0 Å². The SMILES string of the molecule is O=[N+]([O-])[O-].O=[N+]([O-])[O-].O=[N+]([O-])[O-].[Na+].[Na+].[Na+]. The van der Waals surface area contributed by atoms with Crippen LogP contribution in [0.2, 0.25) is 0 Å². The molecule has 0 fully saturated rings. The molecule has 0 aromatic rings. The molecule has 0 unspecified atom stereocenters. The summed E-state index contributed by atoms with van der Waals surface area (Å²) in [7, 11) is 0. The fourth-order valence-corrected chi connectivity index (χ4v) is 0. The zero-order valence-electron chi connectivity index (χ0n) is 8.02. The second kappa shape index (κ2) is 29.3. The number of rotatable bonds is 0. The molecule has 0 aliphatic heterocycles. The zero-order valence-corrected chi connectivity index (χ0v) is 14.0. The Balaban J connectivity index is -0.0000000184. The van der Waals surface area contributed by atoms with Crippen molar-refractivity contribution in [1.29, 1.82) is 0 Å². The van der Waals surface area contributed by atoms with Crippen molar-refractivity contribution in [2.45, 2.75) is 0 Å². The first kappa shape index (κ1) is 36.1. The second-order valence-electron chi connectivity index (χ2n) is 0.671. The van der Waals surface area contributed by atoms with Gasteiger partial charge >= 0.3 is 88.7 Å². The van der Waals surface area contributed by atoms with Gasteiger partial charge in [0, 0.05) is 0 Å². The van der Waals surface area contributed by atoms with Gasteiger partial charge in [-0.25, -0.2) is 0 Å². The van der Waals surface area contributed by atoms with E-state index >= 15 is 0 Å². The maximum atomic E-state index is 8.25. The Labute approximate surface area is 148 Å². The molecule has 0 aromatic carbocycles. The minimum atomic E-state index is -1.75. The monoisotopic (exact) mass is 255 g/mol. The predicted octanol–water partition coefficient (Wildman–Crippen LogP) is -9.71. The van der Waals surface area contributed by atoms with Crippen LogP contribution in [0.4, 0.5) is 0 Å². The summed E-state index contributed by atoms with van der Waals surface area (Å²) in [6.07, 6.45) is 0. The molecule has 72 valence electrons. The molecule has 0 aliphatic rings. The maximum absolute atomic E-state index is 8.25. The van der Waals surface area contributed by atoms with Gasteiger partial charge in [0.25, 0.3) is 0 Å². The Morgan fingerprint density at radius 3 is 0.467 bits per heavy atom. The molecule has 0 saturated heterocycles. The first-order chi connectivity index (χ1) is 5.20. The number of hydrogen-bond acceptors (Lipinski definition) is 9. The normalized spacial score (nSPS) is 4.80. The van der Waals surface area contributed by atoms with Crippen LogP contribution in [-0.2, 0) is 0 Å². The van der Waals surface area contributed by atoms with Gasteiger partial charge in [-0.2, -0.15) is 0 Å². The Bertz CT molecular complexity index is 118. The molecule has 0 radical (unpaired) electrons. The molecule has 15 heteroatoms. The maximum Gasteiger partial charge on any atom is 1.00 e. The van der Waals surface area contributed by atoms with Crippen LogP contribution in [0.3, 0.4) is 0 Å². The summed E-state index contributed by atoms with van der Waals surface area (Å²) < 4.78 is 0. The van der Waals surface area contributed by atoms with Crippen LogP contribution < -0.4 is 88.7 Å². The van der Waals surface area contributed by atoms with Crippen LogP contribution in [0.15, 0.2) is 0 Å². The molecular weight excluding hydrogens is 255 g/mol. The molecular formula is N3Na3O9. The first-order valence-corrected chi connectivity index (χ1v) is 1.64. The van der Waals surface area contributed by atoms with Crippen molar-refractivity contribution in [1.82, 2.24) is 0 Å². The third-order valence-electron chi connectivity index (χ3n) is 0. The Kier molecular flexibility index (Phi) is 70.5. The molecule has 0 atom stereocenters. The predicted molar refractivity (Wildman–Crippen MR) is 31.1 cm³/mol. The van der Waals surface area contributed by atoms with Gasteiger partial charge in [0.15, 0.2) is 0 Å². The van der Waals surface area contributed by atoms with E-state index in [1.807, 2.05) is 0 Å². The van der Waals surface area contributed by atoms with E-state index < -0.39 is 15.3 Å². The summed E-state index contributed by atoms with van der Waals surface area (Å²) in [5.74, 6) is 0.